The maximum absolute atomic E-state index is 13.2. The summed E-state index contributed by atoms with van der Waals surface area (Å²) in [6, 6.07) is 19.2. The average molecular weight is 469 g/mol. The first kappa shape index (κ1) is 21.8. The molecule has 0 unspecified atom stereocenters. The molecule has 1 atom stereocenters. The Kier molecular flexibility index (Phi) is 5.91. The van der Waals surface area contributed by atoms with Crippen LogP contribution in [-0.4, -0.2) is 35.0 Å². The van der Waals surface area contributed by atoms with Gasteiger partial charge in [-0.1, -0.05) is 36.4 Å². The van der Waals surface area contributed by atoms with Crippen molar-refractivity contribution in [2.45, 2.75) is 6.04 Å². The molecule has 10 heteroatoms. The minimum absolute atomic E-state index is 0.148. The number of hydrazone groups is 1. The molecule has 35 heavy (non-hydrogen) atoms. The summed E-state index contributed by atoms with van der Waals surface area (Å²) < 4.78 is 10.6. The second-order valence-electron chi connectivity index (χ2n) is 7.60. The van der Waals surface area contributed by atoms with Crippen molar-refractivity contribution < 1.29 is 19.1 Å². The summed E-state index contributed by atoms with van der Waals surface area (Å²) in [6.07, 6.45) is 1.44. The number of nitrogens with zero attached hydrogens (tertiary/aromatic N) is 2. The Labute approximate surface area is 198 Å². The summed E-state index contributed by atoms with van der Waals surface area (Å²) in [7, 11) is 0. The molecule has 1 aromatic heterocycles. The van der Waals surface area contributed by atoms with E-state index in [1.807, 2.05) is 0 Å². The number of rotatable bonds is 6. The van der Waals surface area contributed by atoms with Crippen LogP contribution in [0.25, 0.3) is 10.8 Å². The molecule has 5 rings (SSSR count). The quantitative estimate of drug-likeness (QED) is 0.293. The van der Waals surface area contributed by atoms with Crippen LogP contribution >= 0.6 is 0 Å². The van der Waals surface area contributed by atoms with Crippen LogP contribution < -0.4 is 25.8 Å². The molecule has 0 bridgehead atoms. The Morgan fingerprint density at radius 1 is 0.971 bits per heavy atom. The first-order valence-corrected chi connectivity index (χ1v) is 10.7. The smallest absolute Gasteiger partial charge is 0.272 e. The number of benzene rings is 3. The minimum atomic E-state index is -1.24. The number of carbonyl (C=O) groups is 2. The topological polar surface area (TPSA) is 135 Å². The third-order valence-corrected chi connectivity index (χ3v) is 5.36. The first-order valence-electron chi connectivity index (χ1n) is 10.7. The van der Waals surface area contributed by atoms with Crippen LogP contribution in [0.3, 0.4) is 0 Å². The van der Waals surface area contributed by atoms with Crippen LogP contribution in [0.15, 0.2) is 82.7 Å². The molecule has 0 aliphatic carbocycles. The zero-order valence-electron chi connectivity index (χ0n) is 18.2. The van der Waals surface area contributed by atoms with Gasteiger partial charge < -0.3 is 14.8 Å². The van der Waals surface area contributed by atoms with Gasteiger partial charge in [-0.25, -0.2) is 10.5 Å². The van der Waals surface area contributed by atoms with Gasteiger partial charge in [0.25, 0.3) is 17.4 Å². The van der Waals surface area contributed by atoms with E-state index in [9.17, 15) is 14.4 Å². The average Bonchev–Trinajstić information content (AvgIpc) is 3.36. The molecule has 3 aromatic carbocycles. The van der Waals surface area contributed by atoms with Gasteiger partial charge in [0.15, 0.2) is 17.5 Å². The van der Waals surface area contributed by atoms with Crippen LogP contribution in [0.5, 0.6) is 11.5 Å². The summed E-state index contributed by atoms with van der Waals surface area (Å²) in [5, 5.41) is 14.0. The van der Waals surface area contributed by atoms with Gasteiger partial charge in [0.2, 0.25) is 6.79 Å². The molecule has 2 amide bonds. The number of H-pyrrole nitrogens is 1. The number of amides is 2. The molecule has 3 N–H and O–H groups in total. The Morgan fingerprint density at radius 2 is 1.71 bits per heavy atom. The van der Waals surface area contributed by atoms with Crippen molar-refractivity contribution in [3.63, 3.8) is 0 Å². The normalized spacial score (nSPS) is 13.0. The molecule has 0 fully saturated rings. The van der Waals surface area contributed by atoms with Crippen molar-refractivity contribution in [1.29, 1.82) is 0 Å². The number of hydrogen-bond donors (Lipinski definition) is 3. The molecule has 4 aromatic rings. The van der Waals surface area contributed by atoms with E-state index >= 15 is 0 Å². The monoisotopic (exact) mass is 469 g/mol. The third kappa shape index (κ3) is 4.58. The lowest BCUT2D eigenvalue weighted by Crippen LogP contribution is -2.40. The fourth-order valence-electron chi connectivity index (χ4n) is 3.65. The number of ether oxygens (including phenoxy) is 2. The maximum atomic E-state index is 13.2. The van der Waals surface area contributed by atoms with Crippen molar-refractivity contribution in [3.05, 3.63) is 100.0 Å². The second-order valence-corrected chi connectivity index (χ2v) is 7.60. The predicted molar refractivity (Wildman–Crippen MR) is 127 cm³/mol. The molecule has 1 aliphatic rings. The van der Waals surface area contributed by atoms with Crippen LogP contribution in [0.1, 0.15) is 27.7 Å². The molecule has 0 saturated carbocycles. The lowest BCUT2D eigenvalue weighted by Gasteiger charge is -2.18. The fourth-order valence-corrected chi connectivity index (χ4v) is 3.65. The zero-order chi connectivity index (χ0) is 24.2. The number of nitrogens with one attached hydrogen (secondary N) is 3. The van der Waals surface area contributed by atoms with E-state index in [0.29, 0.717) is 33.4 Å². The van der Waals surface area contributed by atoms with E-state index in [1.165, 1.54) is 6.21 Å². The van der Waals surface area contributed by atoms with Gasteiger partial charge in [-0.2, -0.15) is 10.2 Å². The first-order chi connectivity index (χ1) is 17.1. The molecule has 0 spiro atoms. The van der Waals surface area contributed by atoms with Gasteiger partial charge in [0, 0.05) is 10.9 Å². The summed E-state index contributed by atoms with van der Waals surface area (Å²) in [5.74, 6) is 0.0849. The molecular formula is C25H19N5O5. The lowest BCUT2D eigenvalue weighted by molar-refractivity contribution is -0.123. The largest absolute Gasteiger partial charge is 0.454 e. The summed E-state index contributed by atoms with van der Waals surface area (Å²) in [5.41, 5.74) is 3.26. The van der Waals surface area contributed by atoms with E-state index in [4.69, 9.17) is 9.47 Å². The predicted octanol–water partition coefficient (Wildman–Crippen LogP) is 2.27. The van der Waals surface area contributed by atoms with Gasteiger partial charge in [-0.3, -0.25) is 14.4 Å². The van der Waals surface area contributed by atoms with E-state index < -0.39 is 23.4 Å². The number of aromatic amines is 1. The summed E-state index contributed by atoms with van der Waals surface area (Å²) >= 11 is 0. The molecule has 174 valence electrons. The lowest BCUT2D eigenvalue weighted by atomic mass is 10.0. The van der Waals surface area contributed by atoms with Crippen molar-refractivity contribution in [2.75, 3.05) is 6.79 Å². The number of fused-ring (bicyclic) bond motifs is 2. The van der Waals surface area contributed by atoms with E-state index in [1.54, 1.807) is 72.8 Å². The number of aromatic nitrogens is 2. The fraction of sp³-hybridized carbons (Fsp3) is 0.0800. The van der Waals surface area contributed by atoms with E-state index in [2.05, 4.69) is 26.0 Å². The van der Waals surface area contributed by atoms with E-state index in [-0.39, 0.29) is 12.5 Å². The van der Waals surface area contributed by atoms with E-state index in [0.717, 1.165) is 0 Å². The number of hydrogen-bond acceptors (Lipinski definition) is 7. The molecular weight excluding hydrogens is 450 g/mol. The Bertz CT molecular complexity index is 1500. The Balaban J connectivity index is 1.44. The summed E-state index contributed by atoms with van der Waals surface area (Å²) in [4.78, 5) is 38.3. The van der Waals surface area contributed by atoms with Gasteiger partial charge in [0.05, 0.1) is 11.6 Å². The maximum Gasteiger partial charge on any atom is 0.272 e. The van der Waals surface area contributed by atoms with Crippen LogP contribution in [0.2, 0.25) is 0 Å². The van der Waals surface area contributed by atoms with Crippen molar-refractivity contribution in [3.8, 4) is 11.5 Å². The van der Waals surface area contributed by atoms with Crippen LogP contribution in [-0.2, 0) is 4.79 Å². The highest BCUT2D eigenvalue weighted by atomic mass is 16.7. The van der Waals surface area contributed by atoms with Crippen LogP contribution in [0, 0.1) is 0 Å². The van der Waals surface area contributed by atoms with Gasteiger partial charge in [-0.05, 0) is 42.0 Å². The second kappa shape index (κ2) is 9.48. The van der Waals surface area contributed by atoms with Crippen molar-refractivity contribution in [1.82, 2.24) is 20.9 Å². The molecule has 1 aliphatic heterocycles. The van der Waals surface area contributed by atoms with Crippen molar-refractivity contribution in [2.24, 2.45) is 5.10 Å². The highest BCUT2D eigenvalue weighted by Gasteiger charge is 2.27. The molecule has 0 radical (unpaired) electrons. The Hall–Kier alpha value is -4.99. The number of carbonyl (C=O) groups excluding carboxylic acids is 2. The molecule has 0 saturated heterocycles. The minimum Gasteiger partial charge on any atom is -0.454 e. The highest BCUT2D eigenvalue weighted by molar-refractivity contribution is 5.99. The van der Waals surface area contributed by atoms with Gasteiger partial charge in [-0.15, -0.1) is 0 Å². The van der Waals surface area contributed by atoms with Crippen LogP contribution in [0.4, 0.5) is 0 Å². The standard InChI is InChI=1S/C25H19N5O5/c31-23(16-6-2-1-3-7-16)27-22(21-17-8-4-5-9-18(17)24(32)30-28-21)25(33)29-26-13-15-10-11-19-20(12-15)35-14-34-19/h1-13,22H,14H2,(H,27,31)(H,29,33)(H,30,32)/b26-13-/t22-/m0/s1. The summed E-state index contributed by atoms with van der Waals surface area (Å²) in [6.45, 7) is 0.148. The van der Waals surface area contributed by atoms with Gasteiger partial charge in [0.1, 0.15) is 5.69 Å². The van der Waals surface area contributed by atoms with Crippen molar-refractivity contribution >= 4 is 28.8 Å². The third-order valence-electron chi connectivity index (χ3n) is 5.36. The SMILES string of the molecule is O=C(N[C@H](C(=O)N/N=C\c1ccc2c(c1)OCO2)c1n[nH]c(=O)c2ccccc12)c1ccccc1. The zero-order valence-corrected chi connectivity index (χ0v) is 18.2. The Morgan fingerprint density at radius 3 is 2.54 bits per heavy atom. The highest BCUT2D eigenvalue weighted by Crippen LogP contribution is 2.32. The van der Waals surface area contributed by atoms with Gasteiger partial charge >= 0.3 is 0 Å². The molecule has 2 heterocycles. The molecule has 10 nitrogen and oxygen atoms in total.